The molecule has 1 aromatic carbocycles. The van der Waals surface area contributed by atoms with E-state index in [0.717, 1.165) is 5.56 Å². The fourth-order valence-electron chi connectivity index (χ4n) is 3.01. The molecular formula is C17H18N2O2. The molecule has 1 aromatic rings. The van der Waals surface area contributed by atoms with Gasteiger partial charge in [0.25, 0.3) is 0 Å². The van der Waals surface area contributed by atoms with Crippen molar-refractivity contribution < 1.29 is 9.53 Å². The van der Waals surface area contributed by atoms with Crippen LogP contribution in [-0.4, -0.2) is 13.1 Å². The molecule has 0 fully saturated rings. The van der Waals surface area contributed by atoms with Crippen molar-refractivity contribution in [3.8, 4) is 6.07 Å². The first-order valence-corrected chi connectivity index (χ1v) is 6.75. The Labute approximate surface area is 124 Å². The van der Waals surface area contributed by atoms with Crippen LogP contribution in [0.1, 0.15) is 24.3 Å². The highest BCUT2D eigenvalue weighted by molar-refractivity contribution is 5.90. The maximum Gasteiger partial charge on any atom is 0.335 e. The summed E-state index contributed by atoms with van der Waals surface area (Å²) in [6.45, 7) is 3.72. The molecule has 4 nitrogen and oxygen atoms in total. The van der Waals surface area contributed by atoms with Crippen LogP contribution < -0.4 is 5.73 Å². The second-order valence-electron chi connectivity index (χ2n) is 5.13. The van der Waals surface area contributed by atoms with Crippen LogP contribution in [0.3, 0.4) is 0 Å². The third-order valence-corrected chi connectivity index (χ3v) is 4.11. The van der Waals surface area contributed by atoms with E-state index in [2.05, 4.69) is 12.6 Å². The number of hydrogen-bond acceptors (Lipinski definition) is 4. The Morgan fingerprint density at radius 1 is 1.57 bits per heavy atom. The third kappa shape index (κ3) is 2.31. The Morgan fingerprint density at radius 2 is 2.24 bits per heavy atom. The number of carbonyl (C=O) groups excluding carboxylic acids is 1. The number of nitrogens with two attached hydrogens (primary N) is 1. The fourth-order valence-corrected chi connectivity index (χ4v) is 3.01. The molecule has 0 saturated carbocycles. The van der Waals surface area contributed by atoms with Crippen LogP contribution in [0.15, 0.2) is 54.3 Å². The van der Waals surface area contributed by atoms with Gasteiger partial charge >= 0.3 is 5.97 Å². The van der Waals surface area contributed by atoms with E-state index in [1.165, 1.54) is 7.11 Å². The summed E-state index contributed by atoms with van der Waals surface area (Å²) in [7, 11) is 1.32. The molecule has 0 aromatic heterocycles. The minimum absolute atomic E-state index is 0.171. The molecule has 21 heavy (non-hydrogen) atoms. The summed E-state index contributed by atoms with van der Waals surface area (Å²) in [5, 5.41) is 9.76. The second kappa shape index (κ2) is 5.84. The van der Waals surface area contributed by atoms with E-state index in [9.17, 15) is 10.1 Å². The molecule has 2 N–H and O–H groups in total. The van der Waals surface area contributed by atoms with Gasteiger partial charge in [-0.1, -0.05) is 36.4 Å². The van der Waals surface area contributed by atoms with Crippen molar-refractivity contribution in [2.45, 2.75) is 18.8 Å². The molecule has 1 aliphatic rings. The summed E-state index contributed by atoms with van der Waals surface area (Å²) < 4.78 is 4.79. The minimum Gasteiger partial charge on any atom is -0.466 e. The van der Waals surface area contributed by atoms with Crippen LogP contribution in [0.5, 0.6) is 0 Å². The SMILES string of the molecule is C=CC[C@]1(C#N)C(N)=C(C(=O)OC)C[C@H]1c1ccccc1. The second-order valence-corrected chi connectivity index (χ2v) is 5.13. The molecule has 0 aliphatic heterocycles. The number of hydrogen-bond donors (Lipinski definition) is 1. The summed E-state index contributed by atoms with van der Waals surface area (Å²) in [4.78, 5) is 11.9. The van der Waals surface area contributed by atoms with Gasteiger partial charge in [-0.2, -0.15) is 5.26 Å². The van der Waals surface area contributed by atoms with Gasteiger partial charge in [0.15, 0.2) is 0 Å². The monoisotopic (exact) mass is 282 g/mol. The number of esters is 1. The molecule has 2 rings (SSSR count). The quantitative estimate of drug-likeness (QED) is 0.680. The van der Waals surface area contributed by atoms with Gasteiger partial charge in [0.2, 0.25) is 0 Å². The normalized spacial score (nSPS) is 24.5. The van der Waals surface area contributed by atoms with Crippen LogP contribution in [0.4, 0.5) is 0 Å². The number of nitrogens with zero attached hydrogens (tertiary/aromatic N) is 1. The highest BCUT2D eigenvalue weighted by atomic mass is 16.5. The van der Waals surface area contributed by atoms with Crippen molar-refractivity contribution >= 4 is 5.97 Å². The van der Waals surface area contributed by atoms with E-state index in [1.807, 2.05) is 30.3 Å². The van der Waals surface area contributed by atoms with Crippen molar-refractivity contribution in [3.05, 3.63) is 59.8 Å². The molecule has 108 valence electrons. The zero-order chi connectivity index (χ0) is 15.5. The minimum atomic E-state index is -0.938. The molecule has 2 atom stereocenters. The van der Waals surface area contributed by atoms with E-state index < -0.39 is 11.4 Å². The Hall–Kier alpha value is -2.54. The molecule has 0 radical (unpaired) electrons. The molecule has 0 spiro atoms. The maximum atomic E-state index is 11.9. The molecule has 4 heteroatoms. The number of rotatable bonds is 4. The predicted molar refractivity (Wildman–Crippen MR) is 79.9 cm³/mol. The lowest BCUT2D eigenvalue weighted by Crippen LogP contribution is -2.29. The van der Waals surface area contributed by atoms with Crippen LogP contribution in [0, 0.1) is 16.7 Å². The van der Waals surface area contributed by atoms with Crippen LogP contribution in [-0.2, 0) is 9.53 Å². The van der Waals surface area contributed by atoms with Gasteiger partial charge < -0.3 is 10.5 Å². The first-order valence-electron chi connectivity index (χ1n) is 6.75. The Bertz CT molecular complexity index is 628. The highest BCUT2D eigenvalue weighted by Crippen LogP contribution is 2.53. The number of carbonyl (C=O) groups is 1. The van der Waals surface area contributed by atoms with Crippen LogP contribution in [0.25, 0.3) is 0 Å². The average Bonchev–Trinajstić information content (AvgIpc) is 2.81. The van der Waals surface area contributed by atoms with E-state index in [0.29, 0.717) is 24.1 Å². The summed E-state index contributed by atoms with van der Waals surface area (Å²) >= 11 is 0. The standard InChI is InChI=1S/C17H18N2O2/c1-3-9-17(11-18)14(12-7-5-4-6-8-12)10-13(15(17)19)16(20)21-2/h3-8,14H,1,9-10,19H2,2H3/t14-,17+/m0/s1. The number of ether oxygens (including phenoxy) is 1. The number of nitriles is 1. The zero-order valence-corrected chi connectivity index (χ0v) is 12.0. The van der Waals surface area contributed by atoms with Gasteiger partial charge in [-0.25, -0.2) is 4.79 Å². The lowest BCUT2D eigenvalue weighted by atomic mass is 9.72. The fraction of sp³-hybridized carbons (Fsp3) is 0.294. The smallest absolute Gasteiger partial charge is 0.335 e. The predicted octanol–water partition coefficient (Wildman–Crippen LogP) is 2.65. The maximum absolute atomic E-state index is 11.9. The lowest BCUT2D eigenvalue weighted by Gasteiger charge is -2.29. The molecule has 0 unspecified atom stereocenters. The Kier molecular flexibility index (Phi) is 4.13. The summed E-state index contributed by atoms with van der Waals surface area (Å²) in [5.41, 5.74) is 6.93. The van der Waals surface area contributed by atoms with Crippen molar-refractivity contribution in [3.63, 3.8) is 0 Å². The number of methoxy groups -OCH3 is 1. The van der Waals surface area contributed by atoms with Gasteiger partial charge in [0.05, 0.1) is 18.8 Å². The molecule has 0 amide bonds. The largest absolute Gasteiger partial charge is 0.466 e. The van der Waals surface area contributed by atoms with Crippen molar-refractivity contribution in [1.82, 2.24) is 0 Å². The van der Waals surface area contributed by atoms with Gasteiger partial charge in [0, 0.05) is 11.6 Å². The van der Waals surface area contributed by atoms with Crippen molar-refractivity contribution in [1.29, 1.82) is 5.26 Å². The van der Waals surface area contributed by atoms with E-state index >= 15 is 0 Å². The van der Waals surface area contributed by atoms with E-state index in [-0.39, 0.29) is 5.92 Å². The third-order valence-electron chi connectivity index (χ3n) is 4.11. The molecule has 0 bridgehead atoms. The van der Waals surface area contributed by atoms with Gasteiger partial charge in [0.1, 0.15) is 5.41 Å². The molecule has 0 saturated heterocycles. The van der Waals surface area contributed by atoms with Gasteiger partial charge in [-0.3, -0.25) is 0 Å². The summed E-state index contributed by atoms with van der Waals surface area (Å²) in [6.07, 6.45) is 2.48. The van der Waals surface area contributed by atoms with Gasteiger partial charge in [-0.15, -0.1) is 6.58 Å². The Morgan fingerprint density at radius 3 is 2.76 bits per heavy atom. The average molecular weight is 282 g/mol. The van der Waals surface area contributed by atoms with Crippen LogP contribution >= 0.6 is 0 Å². The van der Waals surface area contributed by atoms with Gasteiger partial charge in [-0.05, 0) is 18.4 Å². The first kappa shape index (κ1) is 14.9. The zero-order valence-electron chi connectivity index (χ0n) is 12.0. The molecule has 1 aliphatic carbocycles. The van der Waals surface area contributed by atoms with Crippen LogP contribution in [0.2, 0.25) is 0 Å². The van der Waals surface area contributed by atoms with E-state index in [1.54, 1.807) is 6.08 Å². The summed E-state index contributed by atoms with van der Waals surface area (Å²) in [5.74, 6) is -0.634. The topological polar surface area (TPSA) is 76.1 Å². The first-order chi connectivity index (χ1) is 10.1. The van der Waals surface area contributed by atoms with E-state index in [4.69, 9.17) is 10.5 Å². The highest BCUT2D eigenvalue weighted by Gasteiger charge is 2.49. The molecule has 0 heterocycles. The summed E-state index contributed by atoms with van der Waals surface area (Å²) in [6, 6.07) is 12.0. The van der Waals surface area contributed by atoms with Crippen molar-refractivity contribution in [2.24, 2.45) is 11.1 Å². The number of allylic oxidation sites excluding steroid dienone is 2. The molecular weight excluding hydrogens is 264 g/mol. The Balaban J connectivity index is 2.56. The lowest BCUT2D eigenvalue weighted by molar-refractivity contribution is -0.136. The number of benzene rings is 1. The van der Waals surface area contributed by atoms with Crippen molar-refractivity contribution in [2.75, 3.05) is 7.11 Å².